The van der Waals surface area contributed by atoms with Gasteiger partial charge in [-0.3, -0.25) is 13.9 Å². The Hall–Kier alpha value is -2.61. The van der Waals surface area contributed by atoms with Crippen molar-refractivity contribution < 1.29 is 4.39 Å². The molecule has 1 aliphatic rings. The van der Waals surface area contributed by atoms with Crippen LogP contribution in [0.15, 0.2) is 27.8 Å². The number of imidazole rings is 1. The standard InChI is InChI=1S/C20H23ClFN5O2/c1-12-7-9-26(10-8-12)19-23-17-16(24(19)2)18(28)27(20(29)25(17)3)11-13-14(21)5-4-6-15(13)22/h4-6,12H,7-11H2,1-3H3. The topological polar surface area (TPSA) is 65.1 Å². The highest BCUT2D eigenvalue weighted by molar-refractivity contribution is 6.31. The highest BCUT2D eigenvalue weighted by Gasteiger charge is 2.24. The summed E-state index contributed by atoms with van der Waals surface area (Å²) >= 11 is 6.10. The zero-order valence-corrected chi connectivity index (χ0v) is 17.4. The summed E-state index contributed by atoms with van der Waals surface area (Å²) in [4.78, 5) is 32.8. The van der Waals surface area contributed by atoms with Crippen molar-refractivity contribution in [1.29, 1.82) is 0 Å². The van der Waals surface area contributed by atoms with E-state index < -0.39 is 17.1 Å². The number of anilines is 1. The fraction of sp³-hybridized carbons (Fsp3) is 0.450. The van der Waals surface area contributed by atoms with Crippen LogP contribution in [-0.2, 0) is 20.6 Å². The van der Waals surface area contributed by atoms with Crippen LogP contribution < -0.4 is 16.1 Å². The lowest BCUT2D eigenvalue weighted by Crippen LogP contribution is -2.40. The van der Waals surface area contributed by atoms with E-state index in [1.165, 1.54) is 22.8 Å². The molecule has 0 spiro atoms. The van der Waals surface area contributed by atoms with E-state index in [1.807, 2.05) is 0 Å². The first kappa shape index (κ1) is 19.7. The highest BCUT2D eigenvalue weighted by atomic mass is 35.5. The minimum absolute atomic E-state index is 0.111. The van der Waals surface area contributed by atoms with E-state index in [-0.39, 0.29) is 17.1 Å². The van der Waals surface area contributed by atoms with Gasteiger partial charge >= 0.3 is 5.69 Å². The SMILES string of the molecule is CC1CCN(c2nc3c(c(=O)n(Cc4c(F)cccc4Cl)c(=O)n3C)n2C)CC1. The molecule has 0 atom stereocenters. The molecular formula is C20H23ClFN5O2. The Morgan fingerprint density at radius 1 is 1.17 bits per heavy atom. The Balaban J connectivity index is 1.87. The predicted octanol–water partition coefficient (Wildman–Crippen LogP) is 2.51. The van der Waals surface area contributed by atoms with Gasteiger partial charge < -0.3 is 9.47 Å². The Labute approximate surface area is 171 Å². The van der Waals surface area contributed by atoms with E-state index in [1.54, 1.807) is 18.7 Å². The number of aryl methyl sites for hydroxylation is 2. The molecule has 3 aromatic rings. The number of nitrogens with zero attached hydrogens (tertiary/aromatic N) is 5. The van der Waals surface area contributed by atoms with E-state index in [4.69, 9.17) is 11.6 Å². The number of hydrogen-bond acceptors (Lipinski definition) is 4. The van der Waals surface area contributed by atoms with Crippen molar-refractivity contribution in [3.63, 3.8) is 0 Å². The monoisotopic (exact) mass is 419 g/mol. The van der Waals surface area contributed by atoms with Gasteiger partial charge in [-0.25, -0.2) is 9.18 Å². The Bertz CT molecular complexity index is 1180. The van der Waals surface area contributed by atoms with Gasteiger partial charge in [0.1, 0.15) is 5.82 Å². The van der Waals surface area contributed by atoms with Gasteiger partial charge in [-0.2, -0.15) is 4.98 Å². The quantitative estimate of drug-likeness (QED) is 0.654. The molecule has 0 radical (unpaired) electrons. The summed E-state index contributed by atoms with van der Waals surface area (Å²) in [5, 5.41) is 0.173. The third-order valence-electron chi connectivity index (χ3n) is 5.78. The van der Waals surface area contributed by atoms with Crippen molar-refractivity contribution in [2.24, 2.45) is 20.0 Å². The Morgan fingerprint density at radius 3 is 2.52 bits per heavy atom. The molecule has 1 saturated heterocycles. The van der Waals surface area contributed by atoms with E-state index in [0.717, 1.165) is 30.5 Å². The number of benzene rings is 1. The van der Waals surface area contributed by atoms with E-state index >= 15 is 0 Å². The second-order valence-electron chi connectivity index (χ2n) is 7.75. The van der Waals surface area contributed by atoms with Gasteiger partial charge in [0.25, 0.3) is 5.56 Å². The lowest BCUT2D eigenvalue weighted by Gasteiger charge is -2.30. The average molecular weight is 420 g/mol. The largest absolute Gasteiger partial charge is 0.342 e. The second kappa shape index (κ2) is 7.33. The van der Waals surface area contributed by atoms with Crippen molar-refractivity contribution in [1.82, 2.24) is 18.7 Å². The summed E-state index contributed by atoms with van der Waals surface area (Å²) in [5.41, 5.74) is -0.312. The fourth-order valence-electron chi connectivity index (χ4n) is 3.90. The molecule has 4 rings (SSSR count). The van der Waals surface area contributed by atoms with Crippen LogP contribution in [0.25, 0.3) is 11.2 Å². The van der Waals surface area contributed by atoms with Crippen LogP contribution in [0, 0.1) is 11.7 Å². The summed E-state index contributed by atoms with van der Waals surface area (Å²) in [6, 6.07) is 4.28. The molecule has 154 valence electrons. The molecule has 7 nitrogen and oxygen atoms in total. The van der Waals surface area contributed by atoms with E-state index in [9.17, 15) is 14.0 Å². The average Bonchev–Trinajstić information content (AvgIpc) is 3.03. The maximum Gasteiger partial charge on any atom is 0.332 e. The van der Waals surface area contributed by atoms with Crippen LogP contribution in [0.1, 0.15) is 25.3 Å². The van der Waals surface area contributed by atoms with Gasteiger partial charge in [0.05, 0.1) is 6.54 Å². The van der Waals surface area contributed by atoms with Crippen LogP contribution in [0.3, 0.4) is 0 Å². The molecule has 1 fully saturated rings. The highest BCUT2D eigenvalue weighted by Crippen LogP contribution is 2.24. The van der Waals surface area contributed by atoms with Crippen LogP contribution in [0.2, 0.25) is 5.02 Å². The molecule has 1 aliphatic heterocycles. The second-order valence-corrected chi connectivity index (χ2v) is 8.15. The number of halogens is 2. The van der Waals surface area contributed by atoms with Gasteiger partial charge in [-0.1, -0.05) is 24.6 Å². The molecule has 0 saturated carbocycles. The fourth-order valence-corrected chi connectivity index (χ4v) is 4.13. The molecular weight excluding hydrogens is 397 g/mol. The molecule has 29 heavy (non-hydrogen) atoms. The molecule has 0 N–H and O–H groups in total. The van der Waals surface area contributed by atoms with Crippen LogP contribution in [0.4, 0.5) is 10.3 Å². The third-order valence-corrected chi connectivity index (χ3v) is 6.13. The first-order chi connectivity index (χ1) is 13.8. The van der Waals surface area contributed by atoms with Crippen molar-refractivity contribution in [3.8, 4) is 0 Å². The molecule has 2 aromatic heterocycles. The number of rotatable bonds is 3. The van der Waals surface area contributed by atoms with Gasteiger partial charge in [-0.15, -0.1) is 0 Å². The zero-order chi connectivity index (χ0) is 20.9. The predicted molar refractivity (Wildman–Crippen MR) is 111 cm³/mol. The minimum atomic E-state index is -0.557. The summed E-state index contributed by atoms with van der Waals surface area (Å²) in [5.74, 6) is 0.772. The smallest absolute Gasteiger partial charge is 0.332 e. The number of aromatic nitrogens is 4. The molecule has 0 aliphatic carbocycles. The normalized spacial score (nSPS) is 15.4. The van der Waals surface area contributed by atoms with Crippen LogP contribution in [-0.4, -0.2) is 31.8 Å². The zero-order valence-electron chi connectivity index (χ0n) is 16.7. The molecule has 0 amide bonds. The van der Waals surface area contributed by atoms with Crippen molar-refractivity contribution in [3.05, 3.63) is 55.4 Å². The van der Waals surface area contributed by atoms with Gasteiger partial charge in [0, 0.05) is 37.8 Å². The minimum Gasteiger partial charge on any atom is -0.342 e. The molecule has 0 bridgehead atoms. The van der Waals surface area contributed by atoms with Crippen molar-refractivity contribution in [2.45, 2.75) is 26.3 Å². The third kappa shape index (κ3) is 3.25. The molecule has 0 unspecified atom stereocenters. The van der Waals surface area contributed by atoms with Gasteiger partial charge in [-0.05, 0) is 30.9 Å². The maximum absolute atomic E-state index is 14.2. The summed E-state index contributed by atoms with van der Waals surface area (Å²) in [6.07, 6.45) is 2.11. The van der Waals surface area contributed by atoms with Gasteiger partial charge in [0.15, 0.2) is 11.2 Å². The van der Waals surface area contributed by atoms with Crippen molar-refractivity contribution in [2.75, 3.05) is 18.0 Å². The summed E-state index contributed by atoms with van der Waals surface area (Å²) < 4.78 is 18.3. The Kier molecular flexibility index (Phi) is 4.98. The molecule has 3 heterocycles. The van der Waals surface area contributed by atoms with Crippen LogP contribution in [0.5, 0.6) is 0 Å². The lowest BCUT2D eigenvalue weighted by atomic mass is 10.00. The number of fused-ring (bicyclic) bond motifs is 1. The first-order valence-corrected chi connectivity index (χ1v) is 10.0. The first-order valence-electron chi connectivity index (χ1n) is 9.63. The lowest BCUT2D eigenvalue weighted by molar-refractivity contribution is 0.433. The number of hydrogen-bond donors (Lipinski definition) is 0. The van der Waals surface area contributed by atoms with E-state index in [2.05, 4.69) is 16.8 Å². The maximum atomic E-state index is 14.2. The molecule has 9 heteroatoms. The van der Waals surface area contributed by atoms with Crippen molar-refractivity contribution >= 4 is 28.7 Å². The van der Waals surface area contributed by atoms with Gasteiger partial charge in [0.2, 0.25) is 5.95 Å². The summed E-state index contributed by atoms with van der Waals surface area (Å²) in [7, 11) is 3.34. The number of piperidine rings is 1. The summed E-state index contributed by atoms with van der Waals surface area (Å²) in [6.45, 7) is 3.69. The van der Waals surface area contributed by atoms with E-state index in [0.29, 0.717) is 23.0 Å². The van der Waals surface area contributed by atoms with Crippen LogP contribution >= 0.6 is 11.6 Å². The Morgan fingerprint density at radius 2 is 1.86 bits per heavy atom. The molecule has 1 aromatic carbocycles.